The molecular weight excluding hydrogens is 322 g/mol. The number of carbonyl (C=O) groups is 1. The van der Waals surface area contributed by atoms with E-state index in [1.807, 2.05) is 11.8 Å². The molecule has 0 unspecified atom stereocenters. The lowest BCUT2D eigenvalue weighted by Crippen LogP contribution is -2.39. The maximum atomic E-state index is 12.7. The molecule has 0 N–H and O–H groups in total. The molecule has 1 aliphatic heterocycles. The number of aryl methyl sites for hydroxylation is 2. The molecule has 0 aliphatic carbocycles. The zero-order valence-corrected chi connectivity index (χ0v) is 14.6. The van der Waals surface area contributed by atoms with Gasteiger partial charge in [-0.15, -0.1) is 11.3 Å². The molecule has 0 aromatic carbocycles. The summed E-state index contributed by atoms with van der Waals surface area (Å²) >= 11 is 1.74. The van der Waals surface area contributed by atoms with Gasteiger partial charge in [0.1, 0.15) is 17.0 Å². The van der Waals surface area contributed by atoms with Crippen LogP contribution in [-0.4, -0.2) is 43.2 Å². The van der Waals surface area contributed by atoms with E-state index < -0.39 is 0 Å². The molecule has 1 fully saturated rings. The normalized spacial score (nSPS) is 18.2. The van der Waals surface area contributed by atoms with Crippen LogP contribution in [0.2, 0.25) is 0 Å². The highest BCUT2D eigenvalue weighted by Crippen LogP contribution is 2.33. The van der Waals surface area contributed by atoms with E-state index in [0.717, 1.165) is 30.9 Å². The number of imidazole rings is 1. The summed E-state index contributed by atoms with van der Waals surface area (Å²) in [6.07, 6.45) is 6.67. The van der Waals surface area contributed by atoms with Gasteiger partial charge in [0, 0.05) is 42.5 Å². The van der Waals surface area contributed by atoms with Gasteiger partial charge in [0.05, 0.1) is 11.3 Å². The first-order valence-corrected chi connectivity index (χ1v) is 9.00. The van der Waals surface area contributed by atoms with E-state index in [-0.39, 0.29) is 11.8 Å². The van der Waals surface area contributed by atoms with Gasteiger partial charge in [-0.05, 0) is 26.7 Å². The number of fused-ring (bicyclic) bond motifs is 1. The van der Waals surface area contributed by atoms with Gasteiger partial charge >= 0.3 is 0 Å². The van der Waals surface area contributed by atoms with Crippen LogP contribution in [0.3, 0.4) is 0 Å². The van der Waals surface area contributed by atoms with Crippen molar-refractivity contribution < 1.29 is 4.79 Å². The van der Waals surface area contributed by atoms with Gasteiger partial charge in [-0.2, -0.15) is 0 Å². The van der Waals surface area contributed by atoms with Crippen molar-refractivity contribution in [1.82, 2.24) is 24.3 Å². The third-order valence-electron chi connectivity index (χ3n) is 4.62. The smallest absolute Gasteiger partial charge is 0.257 e. The molecule has 1 saturated heterocycles. The van der Waals surface area contributed by atoms with Gasteiger partial charge in [0.2, 0.25) is 0 Å². The lowest BCUT2D eigenvalue weighted by Gasteiger charge is -2.32. The van der Waals surface area contributed by atoms with E-state index >= 15 is 0 Å². The molecule has 1 amide bonds. The fourth-order valence-corrected chi connectivity index (χ4v) is 4.60. The number of piperidine rings is 1. The Kier molecular flexibility index (Phi) is 3.80. The summed E-state index contributed by atoms with van der Waals surface area (Å²) in [6, 6.07) is 0. The Morgan fingerprint density at radius 2 is 2.08 bits per heavy atom. The highest BCUT2D eigenvalue weighted by atomic mass is 32.1. The first kappa shape index (κ1) is 15.3. The number of thiazole rings is 1. The number of aromatic nitrogens is 4. The van der Waals surface area contributed by atoms with Gasteiger partial charge in [-0.1, -0.05) is 0 Å². The van der Waals surface area contributed by atoms with Crippen molar-refractivity contribution in [2.45, 2.75) is 32.6 Å². The fraction of sp³-hybridized carbons (Fsp3) is 0.412. The number of hydrogen-bond donors (Lipinski definition) is 0. The van der Waals surface area contributed by atoms with Crippen molar-refractivity contribution in [3.05, 3.63) is 46.9 Å². The van der Waals surface area contributed by atoms with Crippen molar-refractivity contribution in [3.8, 4) is 0 Å². The number of rotatable bonds is 2. The second kappa shape index (κ2) is 5.98. The van der Waals surface area contributed by atoms with Crippen LogP contribution in [0.25, 0.3) is 4.83 Å². The van der Waals surface area contributed by atoms with Crippen LogP contribution in [0.15, 0.2) is 24.1 Å². The van der Waals surface area contributed by atoms with E-state index in [9.17, 15) is 4.79 Å². The molecule has 0 bridgehead atoms. The van der Waals surface area contributed by atoms with Crippen molar-refractivity contribution in [2.75, 3.05) is 13.1 Å². The number of amides is 1. The lowest BCUT2D eigenvalue weighted by atomic mass is 9.95. The molecule has 0 radical (unpaired) electrons. The van der Waals surface area contributed by atoms with E-state index in [4.69, 9.17) is 4.98 Å². The van der Waals surface area contributed by atoms with Crippen LogP contribution in [-0.2, 0) is 0 Å². The zero-order chi connectivity index (χ0) is 16.7. The van der Waals surface area contributed by atoms with Crippen LogP contribution in [0.5, 0.6) is 0 Å². The van der Waals surface area contributed by atoms with Crippen molar-refractivity contribution >= 4 is 22.1 Å². The largest absolute Gasteiger partial charge is 0.338 e. The molecule has 6 nitrogen and oxygen atoms in total. The Bertz CT molecular complexity index is 885. The van der Waals surface area contributed by atoms with E-state index in [1.54, 1.807) is 23.7 Å². The molecule has 0 spiro atoms. The predicted octanol–water partition coefficient (Wildman–Crippen LogP) is 2.82. The van der Waals surface area contributed by atoms with Gasteiger partial charge in [-0.25, -0.2) is 15.0 Å². The average Bonchev–Trinajstić information content (AvgIpc) is 3.16. The van der Waals surface area contributed by atoms with Crippen LogP contribution in [0, 0.1) is 13.8 Å². The molecule has 3 aromatic heterocycles. The molecule has 1 aliphatic rings. The molecule has 4 rings (SSSR count). The Balaban J connectivity index is 1.62. The Labute approximate surface area is 144 Å². The summed E-state index contributed by atoms with van der Waals surface area (Å²) in [4.78, 5) is 28.5. The van der Waals surface area contributed by atoms with E-state index in [2.05, 4.69) is 26.7 Å². The van der Waals surface area contributed by atoms with Gasteiger partial charge < -0.3 is 4.90 Å². The lowest BCUT2D eigenvalue weighted by molar-refractivity contribution is 0.0705. The van der Waals surface area contributed by atoms with Crippen molar-refractivity contribution in [1.29, 1.82) is 0 Å². The number of nitrogens with zero attached hydrogens (tertiary/aromatic N) is 5. The SMILES string of the molecule is Cc1csc2c([C@H]3CCCN(C(=O)c4cncnc4)C3)nc(C)n12. The van der Waals surface area contributed by atoms with Gasteiger partial charge in [0.15, 0.2) is 0 Å². The molecule has 1 atom stereocenters. The second-order valence-corrected chi connectivity index (χ2v) is 7.14. The maximum Gasteiger partial charge on any atom is 0.257 e. The van der Waals surface area contributed by atoms with E-state index in [0.29, 0.717) is 12.1 Å². The molecular formula is C17H19N5OS. The molecule has 3 aromatic rings. The van der Waals surface area contributed by atoms with E-state index in [1.165, 1.54) is 16.9 Å². The van der Waals surface area contributed by atoms with Crippen molar-refractivity contribution in [3.63, 3.8) is 0 Å². The highest BCUT2D eigenvalue weighted by molar-refractivity contribution is 7.15. The summed E-state index contributed by atoms with van der Waals surface area (Å²) in [5.41, 5.74) is 2.90. The standard InChI is InChI=1S/C17H19N5OS/c1-11-9-24-17-15(20-12(2)22(11)17)13-4-3-5-21(8-13)16(23)14-6-18-10-19-7-14/h6-7,9-10,13H,3-5,8H2,1-2H3/t13-/m0/s1. The Morgan fingerprint density at radius 1 is 1.29 bits per heavy atom. The van der Waals surface area contributed by atoms with Crippen LogP contribution in [0.1, 0.15) is 46.3 Å². The summed E-state index contributed by atoms with van der Waals surface area (Å²) in [5.74, 6) is 1.32. The molecule has 24 heavy (non-hydrogen) atoms. The summed E-state index contributed by atoms with van der Waals surface area (Å²) in [6.45, 7) is 5.64. The second-order valence-electron chi connectivity index (χ2n) is 6.28. The zero-order valence-electron chi connectivity index (χ0n) is 13.8. The van der Waals surface area contributed by atoms with Crippen LogP contribution >= 0.6 is 11.3 Å². The minimum Gasteiger partial charge on any atom is -0.338 e. The summed E-state index contributed by atoms with van der Waals surface area (Å²) < 4.78 is 2.21. The first-order chi connectivity index (χ1) is 11.6. The fourth-order valence-electron chi connectivity index (χ4n) is 3.50. The molecule has 7 heteroatoms. The number of likely N-dealkylation sites (tertiary alicyclic amines) is 1. The predicted molar refractivity (Wildman–Crippen MR) is 92.5 cm³/mol. The quantitative estimate of drug-likeness (QED) is 0.719. The monoisotopic (exact) mass is 341 g/mol. The Morgan fingerprint density at radius 3 is 2.88 bits per heavy atom. The maximum absolute atomic E-state index is 12.7. The van der Waals surface area contributed by atoms with Crippen molar-refractivity contribution in [2.24, 2.45) is 0 Å². The molecule has 124 valence electrons. The summed E-state index contributed by atoms with van der Waals surface area (Å²) in [7, 11) is 0. The third-order valence-corrected chi connectivity index (χ3v) is 5.70. The summed E-state index contributed by atoms with van der Waals surface area (Å²) in [5, 5.41) is 2.17. The first-order valence-electron chi connectivity index (χ1n) is 8.12. The number of hydrogen-bond acceptors (Lipinski definition) is 5. The Hall–Kier alpha value is -2.28. The van der Waals surface area contributed by atoms with Crippen LogP contribution < -0.4 is 0 Å². The average molecular weight is 341 g/mol. The van der Waals surface area contributed by atoms with Crippen LogP contribution in [0.4, 0.5) is 0 Å². The minimum atomic E-state index is 0.00911. The van der Waals surface area contributed by atoms with Gasteiger partial charge in [-0.3, -0.25) is 9.20 Å². The third kappa shape index (κ3) is 2.49. The molecule has 0 saturated carbocycles. The molecule has 4 heterocycles. The van der Waals surface area contributed by atoms with Gasteiger partial charge in [0.25, 0.3) is 5.91 Å². The number of carbonyl (C=O) groups excluding carboxylic acids is 1. The minimum absolute atomic E-state index is 0.00911. The topological polar surface area (TPSA) is 63.4 Å². The highest BCUT2D eigenvalue weighted by Gasteiger charge is 2.29.